The molecular formula is C11H18F2. The molecule has 2 heteroatoms. The van der Waals surface area contributed by atoms with Gasteiger partial charge in [-0.2, -0.15) is 0 Å². The molecule has 0 radical (unpaired) electrons. The first kappa shape index (κ1) is 10.7. The second-order valence-electron chi connectivity index (χ2n) is 4.26. The number of hydrogen-bond acceptors (Lipinski definition) is 0. The Hall–Kier alpha value is -0.400. The van der Waals surface area contributed by atoms with Crippen LogP contribution in [0.15, 0.2) is 11.6 Å². The van der Waals surface area contributed by atoms with Gasteiger partial charge in [-0.25, -0.2) is 8.78 Å². The number of halogens is 2. The summed E-state index contributed by atoms with van der Waals surface area (Å²) in [5, 5.41) is 0. The summed E-state index contributed by atoms with van der Waals surface area (Å²) < 4.78 is 25.1. The largest absolute Gasteiger partial charge is 0.245 e. The van der Waals surface area contributed by atoms with Crippen LogP contribution in [0.1, 0.15) is 46.0 Å². The van der Waals surface area contributed by atoms with E-state index in [9.17, 15) is 8.78 Å². The lowest BCUT2D eigenvalue weighted by atomic mass is 9.89. The summed E-state index contributed by atoms with van der Waals surface area (Å²) in [5.41, 5.74) is 1.24. The van der Waals surface area contributed by atoms with Gasteiger partial charge in [-0.3, -0.25) is 0 Å². The third kappa shape index (κ3) is 4.39. The Morgan fingerprint density at radius 2 is 2.23 bits per heavy atom. The average molecular weight is 188 g/mol. The number of alkyl halides is 2. The Kier molecular flexibility index (Phi) is 3.46. The van der Waals surface area contributed by atoms with E-state index in [2.05, 4.69) is 13.0 Å². The van der Waals surface area contributed by atoms with Crippen LogP contribution < -0.4 is 0 Å². The molecule has 0 aromatic carbocycles. The molecule has 0 heterocycles. The van der Waals surface area contributed by atoms with Crippen LogP contribution in [0.4, 0.5) is 8.78 Å². The Bertz CT molecular complexity index is 189. The van der Waals surface area contributed by atoms with Gasteiger partial charge in [0.25, 0.3) is 0 Å². The Morgan fingerprint density at radius 1 is 1.54 bits per heavy atom. The zero-order chi connectivity index (χ0) is 9.90. The SMILES string of the molecule is C[C@H]1C=C(CCC(C)(F)F)CCC1. The van der Waals surface area contributed by atoms with Crippen molar-refractivity contribution in [2.45, 2.75) is 51.9 Å². The van der Waals surface area contributed by atoms with E-state index in [-0.39, 0.29) is 6.42 Å². The van der Waals surface area contributed by atoms with Crippen LogP contribution in [0.5, 0.6) is 0 Å². The fourth-order valence-electron chi connectivity index (χ4n) is 1.81. The third-order valence-electron chi connectivity index (χ3n) is 2.56. The van der Waals surface area contributed by atoms with Crippen molar-refractivity contribution in [2.75, 3.05) is 0 Å². The second-order valence-corrected chi connectivity index (χ2v) is 4.26. The molecule has 1 atom stereocenters. The van der Waals surface area contributed by atoms with Crippen molar-refractivity contribution >= 4 is 0 Å². The van der Waals surface area contributed by atoms with Gasteiger partial charge in [0, 0.05) is 6.42 Å². The second kappa shape index (κ2) is 4.21. The lowest BCUT2D eigenvalue weighted by Gasteiger charge is -2.19. The van der Waals surface area contributed by atoms with Gasteiger partial charge in [0.2, 0.25) is 5.92 Å². The lowest BCUT2D eigenvalue weighted by Crippen LogP contribution is -2.10. The average Bonchev–Trinajstić information content (AvgIpc) is 2.00. The molecule has 13 heavy (non-hydrogen) atoms. The highest BCUT2D eigenvalue weighted by molar-refractivity contribution is 5.07. The molecule has 0 saturated carbocycles. The molecule has 0 aromatic rings. The van der Waals surface area contributed by atoms with E-state index < -0.39 is 5.92 Å². The summed E-state index contributed by atoms with van der Waals surface area (Å²) in [4.78, 5) is 0. The molecule has 0 bridgehead atoms. The topological polar surface area (TPSA) is 0 Å². The Balaban J connectivity index is 2.36. The summed E-state index contributed by atoms with van der Waals surface area (Å²) >= 11 is 0. The first-order valence-electron chi connectivity index (χ1n) is 5.05. The number of hydrogen-bond donors (Lipinski definition) is 0. The van der Waals surface area contributed by atoms with Crippen molar-refractivity contribution in [2.24, 2.45) is 5.92 Å². The molecule has 1 aliphatic rings. The molecule has 0 aromatic heterocycles. The highest BCUT2D eigenvalue weighted by Crippen LogP contribution is 2.29. The van der Waals surface area contributed by atoms with Gasteiger partial charge in [0.05, 0.1) is 0 Å². The molecule has 0 nitrogen and oxygen atoms in total. The van der Waals surface area contributed by atoms with E-state index in [0.29, 0.717) is 12.3 Å². The summed E-state index contributed by atoms with van der Waals surface area (Å²) in [6, 6.07) is 0. The normalized spacial score (nSPS) is 24.3. The summed E-state index contributed by atoms with van der Waals surface area (Å²) in [6.45, 7) is 3.16. The van der Waals surface area contributed by atoms with Crippen LogP contribution in [0.3, 0.4) is 0 Å². The predicted molar refractivity (Wildman–Crippen MR) is 51.0 cm³/mol. The molecule has 0 amide bonds. The van der Waals surface area contributed by atoms with Gasteiger partial charge in [-0.1, -0.05) is 18.6 Å². The smallest absolute Gasteiger partial charge is 0.207 e. The van der Waals surface area contributed by atoms with Gasteiger partial charge in [0.1, 0.15) is 0 Å². The molecular weight excluding hydrogens is 170 g/mol. The van der Waals surface area contributed by atoms with E-state index >= 15 is 0 Å². The maximum absolute atomic E-state index is 12.5. The van der Waals surface area contributed by atoms with Crippen LogP contribution in [-0.2, 0) is 0 Å². The maximum atomic E-state index is 12.5. The molecule has 0 fully saturated rings. The highest BCUT2D eigenvalue weighted by atomic mass is 19.3. The minimum Gasteiger partial charge on any atom is -0.207 e. The van der Waals surface area contributed by atoms with Gasteiger partial charge in [-0.15, -0.1) is 0 Å². The zero-order valence-electron chi connectivity index (χ0n) is 8.45. The van der Waals surface area contributed by atoms with Crippen molar-refractivity contribution in [1.82, 2.24) is 0 Å². The first-order valence-corrected chi connectivity index (χ1v) is 5.05. The number of allylic oxidation sites excluding steroid dienone is 2. The first-order chi connectivity index (χ1) is 5.97. The number of rotatable bonds is 3. The van der Waals surface area contributed by atoms with Crippen molar-refractivity contribution in [3.8, 4) is 0 Å². The summed E-state index contributed by atoms with van der Waals surface area (Å²) in [5.74, 6) is -1.91. The highest BCUT2D eigenvalue weighted by Gasteiger charge is 2.21. The molecule has 1 rings (SSSR count). The van der Waals surface area contributed by atoms with Crippen molar-refractivity contribution in [3.63, 3.8) is 0 Å². The van der Waals surface area contributed by atoms with E-state index in [4.69, 9.17) is 0 Å². The quantitative estimate of drug-likeness (QED) is 0.583. The third-order valence-corrected chi connectivity index (χ3v) is 2.56. The van der Waals surface area contributed by atoms with Crippen LogP contribution in [0.2, 0.25) is 0 Å². The standard InChI is InChI=1S/C11H18F2/c1-9-4-3-5-10(8-9)6-7-11(2,12)13/h8-9H,3-7H2,1-2H3/t9-/m1/s1. The van der Waals surface area contributed by atoms with Gasteiger partial charge < -0.3 is 0 Å². The molecule has 0 spiro atoms. The fourth-order valence-corrected chi connectivity index (χ4v) is 1.81. The predicted octanol–water partition coefficient (Wildman–Crippen LogP) is 4.17. The molecule has 0 saturated heterocycles. The van der Waals surface area contributed by atoms with Gasteiger partial charge >= 0.3 is 0 Å². The van der Waals surface area contributed by atoms with Crippen LogP contribution in [0.25, 0.3) is 0 Å². The molecule has 76 valence electrons. The van der Waals surface area contributed by atoms with Gasteiger partial charge in [0.15, 0.2) is 0 Å². The lowest BCUT2D eigenvalue weighted by molar-refractivity contribution is 0.0130. The maximum Gasteiger partial charge on any atom is 0.245 e. The fraction of sp³-hybridized carbons (Fsp3) is 0.818. The molecule has 0 unspecified atom stereocenters. The van der Waals surface area contributed by atoms with Crippen LogP contribution >= 0.6 is 0 Å². The molecule has 0 N–H and O–H groups in total. The zero-order valence-corrected chi connectivity index (χ0v) is 8.45. The molecule has 0 aliphatic heterocycles. The molecule has 1 aliphatic carbocycles. The van der Waals surface area contributed by atoms with Crippen molar-refractivity contribution < 1.29 is 8.78 Å². The Labute approximate surface area is 79.0 Å². The minimum atomic E-state index is -2.50. The van der Waals surface area contributed by atoms with Crippen LogP contribution in [0, 0.1) is 5.92 Å². The van der Waals surface area contributed by atoms with E-state index in [0.717, 1.165) is 13.3 Å². The minimum absolute atomic E-state index is 0.00551. The summed E-state index contributed by atoms with van der Waals surface area (Å²) in [7, 11) is 0. The van der Waals surface area contributed by atoms with Gasteiger partial charge in [-0.05, 0) is 38.5 Å². The van der Waals surface area contributed by atoms with E-state index in [1.54, 1.807) is 0 Å². The monoisotopic (exact) mass is 188 g/mol. The van der Waals surface area contributed by atoms with E-state index in [1.807, 2.05) is 0 Å². The van der Waals surface area contributed by atoms with Crippen molar-refractivity contribution in [3.05, 3.63) is 11.6 Å². The van der Waals surface area contributed by atoms with Crippen molar-refractivity contribution in [1.29, 1.82) is 0 Å². The van der Waals surface area contributed by atoms with Crippen LogP contribution in [-0.4, -0.2) is 5.92 Å². The Morgan fingerprint density at radius 3 is 2.77 bits per heavy atom. The summed E-state index contributed by atoms with van der Waals surface area (Å²) in [6.07, 6.45) is 6.17. The van der Waals surface area contributed by atoms with E-state index in [1.165, 1.54) is 18.4 Å².